The number of rotatable bonds is 5. The summed E-state index contributed by atoms with van der Waals surface area (Å²) in [6, 6.07) is 4.96. The van der Waals surface area contributed by atoms with Gasteiger partial charge in [-0.3, -0.25) is 0 Å². The minimum absolute atomic E-state index is 0.441. The number of halogens is 1. The fraction of sp³-hybridized carbons (Fsp3) is 0.636. The lowest BCUT2D eigenvalue weighted by Crippen LogP contribution is -2.58. The minimum Gasteiger partial charge on any atom is -0.496 e. The second-order valence-electron chi connectivity index (χ2n) is 9.01. The number of hydrogen-bond acceptors (Lipinski definition) is 7. The average Bonchev–Trinajstić information content (AvgIpc) is 3.15. The highest BCUT2D eigenvalue weighted by molar-refractivity contribution is 9.10. The fourth-order valence-electron chi connectivity index (χ4n) is 4.94. The lowest BCUT2D eigenvalue weighted by molar-refractivity contribution is 0.126. The number of benzene rings is 1. The predicted molar refractivity (Wildman–Crippen MR) is 122 cm³/mol. The highest BCUT2D eigenvalue weighted by atomic mass is 79.9. The molecule has 0 aliphatic carbocycles. The molecule has 1 aromatic heterocycles. The van der Waals surface area contributed by atoms with Crippen LogP contribution >= 0.6 is 15.9 Å². The molecule has 0 radical (unpaired) electrons. The molecule has 2 aromatic rings. The molecule has 0 saturated carbocycles. The van der Waals surface area contributed by atoms with E-state index in [0.717, 1.165) is 59.7 Å². The number of methoxy groups -OCH3 is 1. The van der Waals surface area contributed by atoms with Gasteiger partial charge in [0, 0.05) is 37.6 Å². The molecule has 0 amide bonds. The van der Waals surface area contributed by atoms with Crippen molar-refractivity contribution in [2.24, 2.45) is 5.41 Å². The first-order valence-corrected chi connectivity index (χ1v) is 11.7. The van der Waals surface area contributed by atoms with E-state index in [4.69, 9.17) is 19.4 Å². The zero-order valence-electron chi connectivity index (χ0n) is 17.8. The molecule has 3 aliphatic rings. The largest absolute Gasteiger partial charge is 0.496 e. The zero-order valence-corrected chi connectivity index (χ0v) is 19.4. The number of likely N-dealkylation sites (tertiary alicyclic amines) is 1. The van der Waals surface area contributed by atoms with Crippen LogP contribution in [0.1, 0.15) is 25.7 Å². The quantitative estimate of drug-likeness (QED) is 0.712. The van der Waals surface area contributed by atoms with Crippen molar-refractivity contribution >= 4 is 32.7 Å². The first-order valence-electron chi connectivity index (χ1n) is 10.9. The van der Waals surface area contributed by atoms with Crippen LogP contribution in [0.25, 0.3) is 10.9 Å². The van der Waals surface area contributed by atoms with Crippen molar-refractivity contribution in [2.75, 3.05) is 58.4 Å². The fourth-order valence-corrected chi connectivity index (χ4v) is 5.43. The van der Waals surface area contributed by atoms with Gasteiger partial charge in [0.05, 0.1) is 17.1 Å². The van der Waals surface area contributed by atoms with E-state index in [1.165, 1.54) is 25.7 Å². The van der Waals surface area contributed by atoms with Crippen molar-refractivity contribution in [2.45, 2.75) is 31.7 Å². The molecule has 1 unspecified atom stereocenters. The van der Waals surface area contributed by atoms with Gasteiger partial charge in [-0.05, 0) is 72.8 Å². The third kappa shape index (κ3) is 3.74. The SMILES string of the molecule is COc1cc2c(N3CCC4(CC3)CNC4)nc(OCC3CCCN3C)nc2cc1Br. The van der Waals surface area contributed by atoms with E-state index in [1.54, 1.807) is 7.11 Å². The van der Waals surface area contributed by atoms with Crippen molar-refractivity contribution < 1.29 is 9.47 Å². The van der Waals surface area contributed by atoms with Gasteiger partial charge in [-0.15, -0.1) is 0 Å². The van der Waals surface area contributed by atoms with Crippen molar-refractivity contribution in [1.82, 2.24) is 20.2 Å². The van der Waals surface area contributed by atoms with E-state index < -0.39 is 0 Å². The van der Waals surface area contributed by atoms with Gasteiger partial charge < -0.3 is 24.6 Å². The maximum Gasteiger partial charge on any atom is 0.319 e. The highest BCUT2D eigenvalue weighted by Gasteiger charge is 2.40. The third-order valence-electron chi connectivity index (χ3n) is 7.13. The molecule has 3 aliphatic heterocycles. The number of hydrogen-bond donors (Lipinski definition) is 1. The molecule has 8 heteroatoms. The average molecular weight is 476 g/mol. The molecule has 1 spiro atoms. The Kier molecular flexibility index (Phi) is 5.49. The summed E-state index contributed by atoms with van der Waals surface area (Å²) in [5.74, 6) is 1.76. The van der Waals surface area contributed by atoms with Crippen LogP contribution in [-0.4, -0.2) is 74.4 Å². The molecule has 1 aromatic carbocycles. The second-order valence-corrected chi connectivity index (χ2v) is 9.87. The molecule has 1 N–H and O–H groups in total. The van der Waals surface area contributed by atoms with Gasteiger partial charge in [-0.2, -0.15) is 9.97 Å². The number of nitrogens with one attached hydrogen (secondary N) is 1. The van der Waals surface area contributed by atoms with E-state index in [0.29, 0.717) is 24.1 Å². The van der Waals surface area contributed by atoms with Crippen LogP contribution in [0.15, 0.2) is 16.6 Å². The minimum atomic E-state index is 0.441. The Bertz CT molecular complexity index is 925. The van der Waals surface area contributed by atoms with E-state index in [-0.39, 0.29) is 0 Å². The van der Waals surface area contributed by atoms with Crippen molar-refractivity contribution in [3.8, 4) is 11.8 Å². The summed E-state index contributed by atoms with van der Waals surface area (Å²) in [6.45, 7) is 6.08. The van der Waals surface area contributed by atoms with Crippen LogP contribution in [0.2, 0.25) is 0 Å². The van der Waals surface area contributed by atoms with E-state index >= 15 is 0 Å². The van der Waals surface area contributed by atoms with Gasteiger partial charge in [0.2, 0.25) is 0 Å². The van der Waals surface area contributed by atoms with Crippen molar-refractivity contribution in [3.63, 3.8) is 0 Å². The normalized spacial score (nSPS) is 23.7. The molecular formula is C22H30BrN5O2. The van der Waals surface area contributed by atoms with Gasteiger partial charge in [0.15, 0.2) is 0 Å². The Morgan fingerprint density at radius 1 is 1.20 bits per heavy atom. The van der Waals surface area contributed by atoms with Gasteiger partial charge >= 0.3 is 6.01 Å². The predicted octanol–water partition coefficient (Wildman–Crippen LogP) is 3.06. The molecule has 0 bridgehead atoms. The summed E-state index contributed by atoms with van der Waals surface area (Å²) in [5.41, 5.74) is 1.37. The van der Waals surface area contributed by atoms with Crippen LogP contribution in [0, 0.1) is 5.41 Å². The Morgan fingerprint density at radius 3 is 2.63 bits per heavy atom. The Balaban J connectivity index is 1.46. The molecule has 1 atom stereocenters. The number of nitrogens with zero attached hydrogens (tertiary/aromatic N) is 4. The van der Waals surface area contributed by atoms with Crippen molar-refractivity contribution in [3.05, 3.63) is 16.6 Å². The van der Waals surface area contributed by atoms with Crippen LogP contribution in [0.3, 0.4) is 0 Å². The molecule has 30 heavy (non-hydrogen) atoms. The van der Waals surface area contributed by atoms with Crippen molar-refractivity contribution in [1.29, 1.82) is 0 Å². The molecular weight excluding hydrogens is 446 g/mol. The standard InChI is InChI=1S/C22H30BrN5O2/c1-27-7-3-4-15(27)12-30-21-25-18-11-17(23)19(29-2)10-16(18)20(26-21)28-8-5-22(6-9-28)13-24-14-22/h10-11,15,24H,3-9,12-14H2,1-2H3. The Hall–Kier alpha value is -1.64. The highest BCUT2D eigenvalue weighted by Crippen LogP contribution is 2.39. The number of piperidine rings is 1. The second kappa shape index (κ2) is 8.13. The number of likely N-dealkylation sites (N-methyl/N-ethyl adjacent to an activating group) is 1. The summed E-state index contributed by atoms with van der Waals surface area (Å²) in [4.78, 5) is 14.4. The molecule has 162 valence electrons. The van der Waals surface area contributed by atoms with Gasteiger partial charge in [0.25, 0.3) is 0 Å². The summed E-state index contributed by atoms with van der Waals surface area (Å²) in [5, 5.41) is 4.46. The van der Waals surface area contributed by atoms with E-state index in [2.05, 4.69) is 38.1 Å². The lowest BCUT2D eigenvalue weighted by atomic mass is 9.73. The van der Waals surface area contributed by atoms with Crippen LogP contribution in [0.5, 0.6) is 11.8 Å². The monoisotopic (exact) mass is 475 g/mol. The number of aromatic nitrogens is 2. The Labute approximate surface area is 186 Å². The maximum absolute atomic E-state index is 6.12. The molecule has 4 heterocycles. The topological polar surface area (TPSA) is 62.8 Å². The van der Waals surface area contributed by atoms with Gasteiger partial charge in [0.1, 0.15) is 18.2 Å². The number of anilines is 1. The summed E-state index contributed by atoms with van der Waals surface area (Å²) in [7, 11) is 3.85. The van der Waals surface area contributed by atoms with E-state index in [9.17, 15) is 0 Å². The lowest BCUT2D eigenvalue weighted by Gasteiger charge is -2.48. The third-order valence-corrected chi connectivity index (χ3v) is 7.75. The zero-order chi connectivity index (χ0) is 20.7. The van der Waals surface area contributed by atoms with Crippen LogP contribution in [-0.2, 0) is 0 Å². The van der Waals surface area contributed by atoms with Gasteiger partial charge in [-0.1, -0.05) is 0 Å². The molecule has 7 nitrogen and oxygen atoms in total. The Morgan fingerprint density at radius 2 is 2.00 bits per heavy atom. The van der Waals surface area contributed by atoms with Gasteiger partial charge in [-0.25, -0.2) is 0 Å². The maximum atomic E-state index is 6.12. The van der Waals surface area contributed by atoms with Crippen LogP contribution < -0.4 is 19.7 Å². The number of ether oxygens (including phenoxy) is 2. The summed E-state index contributed by atoms with van der Waals surface area (Å²) in [6.07, 6.45) is 4.79. The smallest absolute Gasteiger partial charge is 0.319 e. The first-order chi connectivity index (χ1) is 14.6. The molecule has 3 saturated heterocycles. The molecule has 3 fully saturated rings. The number of fused-ring (bicyclic) bond motifs is 1. The van der Waals surface area contributed by atoms with Crippen LogP contribution in [0.4, 0.5) is 5.82 Å². The summed E-state index contributed by atoms with van der Waals surface area (Å²) >= 11 is 3.60. The first kappa shape index (κ1) is 20.3. The summed E-state index contributed by atoms with van der Waals surface area (Å²) < 4.78 is 12.6. The van der Waals surface area contributed by atoms with E-state index in [1.807, 2.05) is 12.1 Å². The molecule has 5 rings (SSSR count).